The van der Waals surface area contributed by atoms with Gasteiger partial charge < -0.3 is 16.2 Å². The molecular formula is C12H22N2O3. The van der Waals surface area contributed by atoms with Gasteiger partial charge in [0, 0.05) is 6.04 Å². The van der Waals surface area contributed by atoms with Gasteiger partial charge in [0.25, 0.3) is 0 Å². The van der Waals surface area contributed by atoms with Gasteiger partial charge >= 0.3 is 5.97 Å². The highest BCUT2D eigenvalue weighted by Gasteiger charge is 2.46. The fourth-order valence-corrected chi connectivity index (χ4v) is 2.37. The normalized spacial score (nSPS) is 29.9. The van der Waals surface area contributed by atoms with Crippen LogP contribution in [0.5, 0.6) is 0 Å². The second-order valence-corrected chi connectivity index (χ2v) is 5.07. The molecule has 17 heavy (non-hydrogen) atoms. The summed E-state index contributed by atoms with van der Waals surface area (Å²) in [4.78, 5) is 23.0. The Hall–Kier alpha value is -1.10. The van der Waals surface area contributed by atoms with Crippen LogP contribution in [-0.2, 0) is 9.59 Å². The Kier molecular flexibility index (Phi) is 4.51. The van der Waals surface area contributed by atoms with Crippen molar-refractivity contribution < 1.29 is 14.7 Å². The minimum absolute atomic E-state index is 0.230. The molecule has 0 radical (unpaired) electrons. The lowest BCUT2D eigenvalue weighted by Crippen LogP contribution is -2.51. The van der Waals surface area contributed by atoms with Crippen LogP contribution in [-0.4, -0.2) is 29.1 Å². The molecule has 0 saturated heterocycles. The van der Waals surface area contributed by atoms with E-state index >= 15 is 0 Å². The summed E-state index contributed by atoms with van der Waals surface area (Å²) in [6.45, 7) is 3.66. The number of rotatable bonds is 5. The third-order valence-electron chi connectivity index (χ3n) is 3.70. The summed E-state index contributed by atoms with van der Waals surface area (Å²) >= 11 is 0. The first kappa shape index (κ1) is 14.0. The Morgan fingerprint density at radius 3 is 2.76 bits per heavy atom. The number of hydrogen-bond donors (Lipinski definition) is 3. The van der Waals surface area contributed by atoms with E-state index in [4.69, 9.17) is 5.73 Å². The van der Waals surface area contributed by atoms with Gasteiger partial charge in [0.15, 0.2) is 0 Å². The average molecular weight is 242 g/mol. The SMILES string of the molecule is CCC[C@@H](N)C(=O)NC1CCCC1(C)C(=O)O. The number of amides is 1. The molecule has 0 heterocycles. The van der Waals surface area contributed by atoms with E-state index in [0.29, 0.717) is 19.3 Å². The standard InChI is InChI=1S/C12H22N2O3/c1-3-5-8(13)10(15)14-9-6-4-7-12(9,2)11(16)17/h8-9H,3-7,13H2,1-2H3,(H,14,15)(H,16,17)/t8-,9?,12?/m1/s1. The highest BCUT2D eigenvalue weighted by Crippen LogP contribution is 2.38. The van der Waals surface area contributed by atoms with E-state index in [1.165, 1.54) is 0 Å². The third-order valence-corrected chi connectivity index (χ3v) is 3.70. The first-order valence-corrected chi connectivity index (χ1v) is 6.21. The van der Waals surface area contributed by atoms with Gasteiger partial charge in [-0.05, 0) is 26.2 Å². The maximum absolute atomic E-state index is 11.8. The molecule has 1 aliphatic rings. The first-order chi connectivity index (χ1) is 7.91. The summed E-state index contributed by atoms with van der Waals surface area (Å²) in [5.41, 5.74) is 4.87. The second kappa shape index (κ2) is 5.49. The molecule has 5 nitrogen and oxygen atoms in total. The molecule has 1 saturated carbocycles. The molecule has 0 aromatic heterocycles. The monoisotopic (exact) mass is 242 g/mol. The molecule has 1 rings (SSSR count). The van der Waals surface area contributed by atoms with Gasteiger partial charge in [-0.2, -0.15) is 0 Å². The van der Waals surface area contributed by atoms with Crippen LogP contribution in [0, 0.1) is 5.41 Å². The van der Waals surface area contributed by atoms with Crippen molar-refractivity contribution in [3.05, 3.63) is 0 Å². The number of carboxylic acid groups (broad SMARTS) is 1. The van der Waals surface area contributed by atoms with Gasteiger partial charge in [0.2, 0.25) is 5.91 Å². The van der Waals surface area contributed by atoms with E-state index in [1.54, 1.807) is 6.92 Å². The van der Waals surface area contributed by atoms with Crippen molar-refractivity contribution in [2.24, 2.45) is 11.1 Å². The molecule has 98 valence electrons. The number of hydrogen-bond acceptors (Lipinski definition) is 3. The molecule has 5 heteroatoms. The van der Waals surface area contributed by atoms with Crippen molar-refractivity contribution in [1.82, 2.24) is 5.32 Å². The Labute approximate surface area is 102 Å². The van der Waals surface area contributed by atoms with E-state index in [0.717, 1.165) is 12.8 Å². The van der Waals surface area contributed by atoms with Gasteiger partial charge in [-0.25, -0.2) is 0 Å². The number of nitrogens with two attached hydrogens (primary N) is 1. The lowest BCUT2D eigenvalue weighted by atomic mass is 9.84. The summed E-state index contributed by atoms with van der Waals surface area (Å²) < 4.78 is 0. The van der Waals surface area contributed by atoms with Crippen molar-refractivity contribution in [2.45, 2.75) is 58.0 Å². The quantitative estimate of drug-likeness (QED) is 0.667. The molecule has 0 aromatic rings. The van der Waals surface area contributed by atoms with E-state index in [2.05, 4.69) is 5.32 Å². The van der Waals surface area contributed by atoms with Gasteiger partial charge in [-0.1, -0.05) is 19.8 Å². The molecule has 1 fully saturated rings. The minimum Gasteiger partial charge on any atom is -0.481 e. The number of carboxylic acids is 1. The number of aliphatic carboxylic acids is 1. The average Bonchev–Trinajstić information content (AvgIpc) is 2.62. The number of carbonyl (C=O) groups is 2. The molecule has 1 amide bonds. The Balaban J connectivity index is 2.62. The van der Waals surface area contributed by atoms with Crippen molar-refractivity contribution >= 4 is 11.9 Å². The van der Waals surface area contributed by atoms with Crippen molar-refractivity contribution in [2.75, 3.05) is 0 Å². The van der Waals surface area contributed by atoms with Crippen LogP contribution in [0.4, 0.5) is 0 Å². The van der Waals surface area contributed by atoms with Crippen LogP contribution in [0.3, 0.4) is 0 Å². The van der Waals surface area contributed by atoms with E-state index in [1.807, 2.05) is 6.92 Å². The highest BCUT2D eigenvalue weighted by molar-refractivity contribution is 5.83. The minimum atomic E-state index is -0.846. The van der Waals surface area contributed by atoms with Crippen LogP contribution < -0.4 is 11.1 Å². The molecular weight excluding hydrogens is 220 g/mol. The predicted molar refractivity (Wildman–Crippen MR) is 64.4 cm³/mol. The van der Waals surface area contributed by atoms with Crippen LogP contribution in [0.25, 0.3) is 0 Å². The zero-order valence-electron chi connectivity index (χ0n) is 10.5. The van der Waals surface area contributed by atoms with Gasteiger partial charge in [0.05, 0.1) is 11.5 Å². The van der Waals surface area contributed by atoms with Crippen LogP contribution in [0.2, 0.25) is 0 Å². The smallest absolute Gasteiger partial charge is 0.311 e. The summed E-state index contributed by atoms with van der Waals surface area (Å²) in [5, 5.41) is 12.0. The summed E-state index contributed by atoms with van der Waals surface area (Å²) in [5.74, 6) is -1.07. The maximum Gasteiger partial charge on any atom is 0.311 e. The van der Waals surface area contributed by atoms with Crippen molar-refractivity contribution in [3.63, 3.8) is 0 Å². The molecule has 3 atom stereocenters. The van der Waals surface area contributed by atoms with Crippen LogP contribution in [0.15, 0.2) is 0 Å². The van der Waals surface area contributed by atoms with Gasteiger partial charge in [0.1, 0.15) is 0 Å². The van der Waals surface area contributed by atoms with Crippen molar-refractivity contribution in [1.29, 1.82) is 0 Å². The Morgan fingerprint density at radius 2 is 2.24 bits per heavy atom. The lowest BCUT2D eigenvalue weighted by molar-refractivity contribution is -0.149. The maximum atomic E-state index is 11.8. The van der Waals surface area contributed by atoms with Gasteiger partial charge in [-0.3, -0.25) is 9.59 Å². The molecule has 0 aliphatic heterocycles. The fourth-order valence-electron chi connectivity index (χ4n) is 2.37. The van der Waals surface area contributed by atoms with Crippen LogP contribution in [0.1, 0.15) is 46.0 Å². The molecule has 2 unspecified atom stereocenters. The third kappa shape index (κ3) is 2.97. The van der Waals surface area contributed by atoms with E-state index < -0.39 is 17.4 Å². The second-order valence-electron chi connectivity index (χ2n) is 5.07. The summed E-state index contributed by atoms with van der Waals surface area (Å²) in [6.07, 6.45) is 3.62. The molecule has 0 spiro atoms. The fraction of sp³-hybridized carbons (Fsp3) is 0.833. The van der Waals surface area contributed by atoms with E-state index in [-0.39, 0.29) is 11.9 Å². The van der Waals surface area contributed by atoms with Crippen molar-refractivity contribution in [3.8, 4) is 0 Å². The van der Waals surface area contributed by atoms with Crippen LogP contribution >= 0.6 is 0 Å². The summed E-state index contributed by atoms with van der Waals surface area (Å²) in [7, 11) is 0. The Morgan fingerprint density at radius 1 is 1.59 bits per heavy atom. The Bertz CT molecular complexity index is 306. The highest BCUT2D eigenvalue weighted by atomic mass is 16.4. The lowest BCUT2D eigenvalue weighted by Gasteiger charge is -2.28. The van der Waals surface area contributed by atoms with E-state index in [9.17, 15) is 14.7 Å². The molecule has 1 aliphatic carbocycles. The first-order valence-electron chi connectivity index (χ1n) is 6.21. The predicted octanol–water partition coefficient (Wildman–Crippen LogP) is 0.873. The summed E-state index contributed by atoms with van der Waals surface area (Å²) in [6, 6.07) is -0.825. The topological polar surface area (TPSA) is 92.4 Å². The van der Waals surface area contributed by atoms with Gasteiger partial charge in [-0.15, -0.1) is 0 Å². The number of carbonyl (C=O) groups excluding carboxylic acids is 1. The number of nitrogens with one attached hydrogen (secondary N) is 1. The zero-order valence-corrected chi connectivity index (χ0v) is 10.5. The largest absolute Gasteiger partial charge is 0.481 e. The molecule has 4 N–H and O–H groups in total. The zero-order chi connectivity index (χ0) is 13.1. The molecule has 0 bridgehead atoms. The molecule has 0 aromatic carbocycles.